The Bertz CT molecular complexity index is 1140. The topological polar surface area (TPSA) is 64.0 Å². The molecule has 0 saturated heterocycles. The van der Waals surface area contributed by atoms with Crippen molar-refractivity contribution in [2.75, 3.05) is 5.32 Å². The lowest BCUT2D eigenvalue weighted by Gasteiger charge is -2.18. The molecule has 0 spiro atoms. The fourth-order valence-electron chi connectivity index (χ4n) is 3.36. The number of nitrogens with one attached hydrogen (secondary N) is 1. The molecule has 1 aliphatic heterocycles. The lowest BCUT2D eigenvalue weighted by Crippen LogP contribution is -2.28. The van der Waals surface area contributed by atoms with Crippen LogP contribution in [0, 0.1) is 0 Å². The number of nitrogens with zero attached hydrogens (tertiary/aromatic N) is 2. The predicted molar refractivity (Wildman–Crippen MR) is 98.3 cm³/mol. The van der Waals surface area contributed by atoms with Crippen LogP contribution in [0.25, 0.3) is 10.9 Å². The van der Waals surface area contributed by atoms with Gasteiger partial charge >= 0.3 is 6.18 Å². The summed E-state index contributed by atoms with van der Waals surface area (Å²) in [5, 5.41) is 2.92. The van der Waals surface area contributed by atoms with Crippen LogP contribution in [0.15, 0.2) is 47.3 Å². The lowest BCUT2D eigenvalue weighted by atomic mass is 10.1. The molecule has 144 valence electrons. The second-order valence-corrected chi connectivity index (χ2v) is 6.71. The third-order valence-electron chi connectivity index (χ3n) is 4.78. The molecule has 5 nitrogen and oxygen atoms in total. The van der Waals surface area contributed by atoms with Crippen molar-refractivity contribution in [3.8, 4) is 0 Å². The number of anilines is 1. The van der Waals surface area contributed by atoms with E-state index in [2.05, 4.69) is 10.3 Å². The van der Waals surface area contributed by atoms with E-state index >= 15 is 0 Å². The zero-order chi connectivity index (χ0) is 19.9. The highest BCUT2D eigenvalue weighted by molar-refractivity contribution is 6.05. The van der Waals surface area contributed by atoms with Crippen molar-refractivity contribution in [2.24, 2.45) is 0 Å². The summed E-state index contributed by atoms with van der Waals surface area (Å²) in [5.41, 5.74) is -0.321. The van der Waals surface area contributed by atoms with Gasteiger partial charge in [-0.05, 0) is 49.2 Å². The average molecular weight is 387 g/mol. The Morgan fingerprint density at radius 2 is 1.93 bits per heavy atom. The maximum Gasteiger partial charge on any atom is 0.416 e. The maximum absolute atomic E-state index is 12.8. The first-order chi connectivity index (χ1) is 13.3. The molecular weight excluding hydrogens is 371 g/mol. The fraction of sp³-hybridized carbons (Fsp3) is 0.250. The molecule has 0 fully saturated rings. The minimum absolute atomic E-state index is 0.116. The molecule has 8 heteroatoms. The SMILES string of the molecule is O=C(Nc1ccc2nc3n(c(=O)c2c1)CCCC3)c1cccc(C(F)(F)F)c1. The van der Waals surface area contributed by atoms with Crippen LogP contribution >= 0.6 is 0 Å². The van der Waals surface area contributed by atoms with Gasteiger partial charge in [-0.25, -0.2) is 4.98 Å². The number of aryl methyl sites for hydroxylation is 1. The fourth-order valence-corrected chi connectivity index (χ4v) is 3.36. The van der Waals surface area contributed by atoms with Crippen LogP contribution in [0.3, 0.4) is 0 Å². The summed E-state index contributed by atoms with van der Waals surface area (Å²) in [7, 11) is 0. The highest BCUT2D eigenvalue weighted by Crippen LogP contribution is 2.29. The molecule has 0 bridgehead atoms. The molecule has 28 heavy (non-hydrogen) atoms. The summed E-state index contributed by atoms with van der Waals surface area (Å²) in [5.74, 6) is 0.0703. The van der Waals surface area contributed by atoms with Gasteiger partial charge < -0.3 is 5.32 Å². The van der Waals surface area contributed by atoms with Crippen molar-refractivity contribution in [1.29, 1.82) is 0 Å². The van der Waals surface area contributed by atoms with Gasteiger partial charge in [-0.15, -0.1) is 0 Å². The van der Waals surface area contributed by atoms with E-state index in [-0.39, 0.29) is 11.1 Å². The van der Waals surface area contributed by atoms with E-state index in [1.165, 1.54) is 18.2 Å². The van der Waals surface area contributed by atoms with Crippen LogP contribution in [-0.4, -0.2) is 15.5 Å². The monoisotopic (exact) mass is 387 g/mol. The Labute approximate surface area is 157 Å². The number of hydrogen-bond donors (Lipinski definition) is 1. The average Bonchev–Trinajstić information content (AvgIpc) is 2.68. The number of rotatable bonds is 2. The summed E-state index contributed by atoms with van der Waals surface area (Å²) in [6.45, 7) is 0.609. The molecular formula is C20H16F3N3O2. The molecule has 0 aliphatic carbocycles. The second kappa shape index (κ2) is 6.78. The minimum atomic E-state index is -4.53. The summed E-state index contributed by atoms with van der Waals surface area (Å²) in [6, 6.07) is 8.91. The molecule has 1 aromatic heterocycles. The van der Waals surface area contributed by atoms with E-state index in [9.17, 15) is 22.8 Å². The van der Waals surface area contributed by atoms with Gasteiger partial charge in [-0.1, -0.05) is 6.07 Å². The van der Waals surface area contributed by atoms with Gasteiger partial charge in [-0.3, -0.25) is 14.2 Å². The highest BCUT2D eigenvalue weighted by Gasteiger charge is 2.30. The molecule has 2 heterocycles. The molecule has 0 atom stereocenters. The molecule has 1 aliphatic rings. The molecule has 1 amide bonds. The van der Waals surface area contributed by atoms with Crippen molar-refractivity contribution >= 4 is 22.5 Å². The smallest absolute Gasteiger partial charge is 0.322 e. The van der Waals surface area contributed by atoms with Crippen LogP contribution in [0.4, 0.5) is 18.9 Å². The van der Waals surface area contributed by atoms with Crippen LogP contribution in [0.5, 0.6) is 0 Å². The number of halogens is 3. The number of carbonyl (C=O) groups is 1. The van der Waals surface area contributed by atoms with Gasteiger partial charge in [0.25, 0.3) is 11.5 Å². The number of carbonyl (C=O) groups excluding carboxylic acids is 1. The standard InChI is InChI=1S/C20H16F3N3O2/c21-20(22,23)13-5-3-4-12(10-13)18(27)24-14-7-8-16-15(11-14)19(28)26-9-2-1-6-17(26)25-16/h3-5,7-8,10-11H,1-2,6,9H2,(H,24,27). The van der Waals surface area contributed by atoms with Crippen LogP contribution in [-0.2, 0) is 19.1 Å². The number of aromatic nitrogens is 2. The number of amides is 1. The van der Waals surface area contributed by atoms with Crippen LogP contribution in [0.1, 0.15) is 34.6 Å². The maximum atomic E-state index is 12.8. The number of fused-ring (bicyclic) bond motifs is 2. The Balaban J connectivity index is 1.66. The normalized spacial score (nSPS) is 14.0. The second-order valence-electron chi connectivity index (χ2n) is 6.71. The number of benzene rings is 2. The zero-order valence-electron chi connectivity index (χ0n) is 14.7. The summed E-state index contributed by atoms with van der Waals surface area (Å²) in [6.07, 6.45) is -1.88. The van der Waals surface area contributed by atoms with Crippen molar-refractivity contribution in [3.05, 3.63) is 69.8 Å². The first kappa shape index (κ1) is 18.2. The van der Waals surface area contributed by atoms with Crippen molar-refractivity contribution in [3.63, 3.8) is 0 Å². The van der Waals surface area contributed by atoms with E-state index in [0.717, 1.165) is 37.2 Å². The van der Waals surface area contributed by atoms with E-state index in [0.29, 0.717) is 23.1 Å². The van der Waals surface area contributed by atoms with Gasteiger partial charge in [0.1, 0.15) is 5.82 Å². The highest BCUT2D eigenvalue weighted by atomic mass is 19.4. The van der Waals surface area contributed by atoms with E-state index in [4.69, 9.17) is 0 Å². The zero-order valence-corrected chi connectivity index (χ0v) is 14.7. The van der Waals surface area contributed by atoms with Crippen molar-refractivity contribution < 1.29 is 18.0 Å². The number of hydrogen-bond acceptors (Lipinski definition) is 3. The third kappa shape index (κ3) is 3.37. The number of alkyl halides is 3. The largest absolute Gasteiger partial charge is 0.416 e. The third-order valence-corrected chi connectivity index (χ3v) is 4.78. The molecule has 3 aromatic rings. The van der Waals surface area contributed by atoms with Gasteiger partial charge in [-0.2, -0.15) is 13.2 Å². The Morgan fingerprint density at radius 3 is 2.71 bits per heavy atom. The predicted octanol–water partition coefficient (Wildman–Crippen LogP) is 4.00. The van der Waals surface area contributed by atoms with Gasteiger partial charge in [0, 0.05) is 24.2 Å². The molecule has 2 aromatic carbocycles. The van der Waals surface area contributed by atoms with Crippen molar-refractivity contribution in [2.45, 2.75) is 32.0 Å². The van der Waals surface area contributed by atoms with Crippen LogP contribution in [0.2, 0.25) is 0 Å². The molecule has 1 N–H and O–H groups in total. The van der Waals surface area contributed by atoms with Crippen LogP contribution < -0.4 is 10.9 Å². The first-order valence-electron chi connectivity index (χ1n) is 8.85. The van der Waals surface area contributed by atoms with Gasteiger partial charge in [0.15, 0.2) is 0 Å². The minimum Gasteiger partial charge on any atom is -0.322 e. The summed E-state index contributed by atoms with van der Waals surface area (Å²) < 4.78 is 40.2. The molecule has 0 unspecified atom stereocenters. The van der Waals surface area contributed by atoms with Gasteiger partial charge in [0.2, 0.25) is 0 Å². The van der Waals surface area contributed by atoms with E-state index in [1.54, 1.807) is 16.7 Å². The van der Waals surface area contributed by atoms with E-state index in [1.807, 2.05) is 0 Å². The Kier molecular flexibility index (Phi) is 4.41. The van der Waals surface area contributed by atoms with Crippen molar-refractivity contribution in [1.82, 2.24) is 9.55 Å². The molecule has 0 radical (unpaired) electrons. The Hall–Kier alpha value is -3.16. The van der Waals surface area contributed by atoms with E-state index < -0.39 is 17.6 Å². The summed E-state index contributed by atoms with van der Waals surface area (Å²) >= 11 is 0. The van der Waals surface area contributed by atoms with Gasteiger partial charge in [0.05, 0.1) is 16.5 Å². The first-order valence-corrected chi connectivity index (χ1v) is 8.85. The Morgan fingerprint density at radius 1 is 1.11 bits per heavy atom. The quantitative estimate of drug-likeness (QED) is 0.723. The molecule has 4 rings (SSSR count). The lowest BCUT2D eigenvalue weighted by molar-refractivity contribution is -0.137. The molecule has 0 saturated carbocycles. The summed E-state index contributed by atoms with van der Waals surface area (Å²) in [4.78, 5) is 29.6.